The molecule has 262 valence electrons. The van der Waals surface area contributed by atoms with Gasteiger partial charge >= 0.3 is 5.97 Å². The fourth-order valence-corrected chi connectivity index (χ4v) is 12.4. The highest BCUT2D eigenvalue weighted by molar-refractivity contribution is 5.77. The Labute approximate surface area is 273 Å². The minimum atomic E-state index is -1.52. The molecule has 6 rings (SSSR count). The van der Waals surface area contributed by atoms with Crippen molar-refractivity contribution in [3.05, 3.63) is 11.6 Å². The molecule has 0 aromatic carbocycles. The number of ether oxygens (including phenoxy) is 2. The van der Waals surface area contributed by atoms with E-state index in [2.05, 4.69) is 40.7 Å². The van der Waals surface area contributed by atoms with Crippen LogP contribution in [0.5, 0.6) is 0 Å². The van der Waals surface area contributed by atoms with Gasteiger partial charge in [-0.3, -0.25) is 4.79 Å². The van der Waals surface area contributed by atoms with Crippen molar-refractivity contribution in [2.24, 2.45) is 50.2 Å². The first-order valence-electron chi connectivity index (χ1n) is 17.5. The molecule has 0 spiro atoms. The molecule has 0 amide bonds. The monoisotopic (exact) mass is 650 g/mol. The predicted octanol–water partition coefficient (Wildman–Crippen LogP) is 3.00. The van der Waals surface area contributed by atoms with Crippen LogP contribution in [0.25, 0.3) is 0 Å². The van der Waals surface area contributed by atoms with Gasteiger partial charge in [0.15, 0.2) is 6.29 Å². The number of fused-ring (bicyclic) bond motifs is 7. The van der Waals surface area contributed by atoms with E-state index in [1.54, 1.807) is 6.92 Å². The van der Waals surface area contributed by atoms with Crippen LogP contribution in [0.4, 0.5) is 0 Å². The molecule has 4 saturated carbocycles. The quantitative estimate of drug-likeness (QED) is 0.177. The number of allylic oxidation sites excluding steroid dienone is 2. The third-order valence-electron chi connectivity index (χ3n) is 15.2. The lowest BCUT2D eigenvalue weighted by Gasteiger charge is -2.72. The molecule has 10 nitrogen and oxygen atoms in total. The molecule has 0 aromatic rings. The molecule has 1 aliphatic heterocycles. The molecule has 0 radical (unpaired) electrons. The molecule has 6 aliphatic rings. The van der Waals surface area contributed by atoms with Gasteiger partial charge in [-0.05, 0) is 97.7 Å². The molecule has 10 heteroatoms. The first kappa shape index (κ1) is 34.7. The maximum atomic E-state index is 13.0. The zero-order valence-electron chi connectivity index (χ0n) is 28.6. The molecule has 5 aliphatic carbocycles. The highest BCUT2D eigenvalue weighted by Crippen LogP contribution is 2.76. The van der Waals surface area contributed by atoms with E-state index >= 15 is 0 Å². The lowest BCUT2D eigenvalue weighted by Crippen LogP contribution is -2.70. The van der Waals surface area contributed by atoms with Crippen molar-refractivity contribution in [2.75, 3.05) is 6.61 Å². The van der Waals surface area contributed by atoms with Crippen LogP contribution in [-0.4, -0.2) is 97.3 Å². The van der Waals surface area contributed by atoms with Gasteiger partial charge in [-0.15, -0.1) is 0 Å². The summed E-state index contributed by atoms with van der Waals surface area (Å²) >= 11 is 0. The van der Waals surface area contributed by atoms with Gasteiger partial charge in [-0.2, -0.15) is 0 Å². The summed E-state index contributed by atoms with van der Waals surface area (Å²) in [5, 5.41) is 76.7. The number of aliphatic hydroxyl groups is 6. The largest absolute Gasteiger partial charge is 0.481 e. The number of hydrogen-bond acceptors (Lipinski definition) is 9. The maximum Gasteiger partial charge on any atom is 0.312 e. The van der Waals surface area contributed by atoms with E-state index in [4.69, 9.17) is 9.47 Å². The standard InChI is InChI=1S/C36H58O10/c1-18-25(40)26(41)27(42)29(45-18)46-28-21(38)15-32(4)22(33(28,5)17-37)10-11-34(6)23(32)9-8-19-20-14-31(2,3)12-13-36(20,30(43)44)24(39)16-35(19,34)7/h8,18,20-29,37-42H,9-17H2,1-7H3,(H,43,44). The van der Waals surface area contributed by atoms with Gasteiger partial charge in [-0.25, -0.2) is 0 Å². The number of carboxylic acids is 1. The van der Waals surface area contributed by atoms with E-state index in [1.165, 1.54) is 5.57 Å². The van der Waals surface area contributed by atoms with Crippen molar-refractivity contribution in [3.63, 3.8) is 0 Å². The zero-order chi connectivity index (χ0) is 34.0. The lowest BCUT2D eigenvalue weighted by molar-refractivity contribution is -0.341. The Morgan fingerprint density at radius 1 is 0.913 bits per heavy atom. The average Bonchev–Trinajstić information content (AvgIpc) is 2.96. The zero-order valence-corrected chi connectivity index (χ0v) is 28.6. The van der Waals surface area contributed by atoms with Gasteiger partial charge in [0.25, 0.3) is 0 Å². The van der Waals surface area contributed by atoms with Gasteiger partial charge < -0.3 is 45.2 Å². The first-order valence-corrected chi connectivity index (χ1v) is 17.5. The fourth-order valence-electron chi connectivity index (χ4n) is 12.4. The van der Waals surface area contributed by atoms with Crippen molar-refractivity contribution in [1.82, 2.24) is 0 Å². The second-order valence-corrected chi connectivity index (χ2v) is 18.0. The van der Waals surface area contributed by atoms with Crippen LogP contribution in [0.15, 0.2) is 11.6 Å². The molecule has 1 saturated heterocycles. The third-order valence-corrected chi connectivity index (χ3v) is 15.2. The number of carboxylic acid groups (broad SMARTS) is 1. The Kier molecular flexibility index (Phi) is 8.27. The molecule has 5 fully saturated rings. The number of rotatable bonds is 4. The smallest absolute Gasteiger partial charge is 0.312 e. The first-order chi connectivity index (χ1) is 21.2. The van der Waals surface area contributed by atoms with Gasteiger partial charge in [0.2, 0.25) is 0 Å². The average molecular weight is 651 g/mol. The van der Waals surface area contributed by atoms with Crippen molar-refractivity contribution >= 4 is 5.97 Å². The molecular weight excluding hydrogens is 592 g/mol. The van der Waals surface area contributed by atoms with Gasteiger partial charge in [0.1, 0.15) is 23.7 Å². The van der Waals surface area contributed by atoms with Crippen LogP contribution in [-0.2, 0) is 14.3 Å². The summed E-state index contributed by atoms with van der Waals surface area (Å²) in [6, 6.07) is 0. The van der Waals surface area contributed by atoms with Crippen molar-refractivity contribution in [2.45, 2.75) is 149 Å². The Balaban J connectivity index is 1.36. The van der Waals surface area contributed by atoms with Crippen LogP contribution in [0.1, 0.15) is 99.8 Å². The summed E-state index contributed by atoms with van der Waals surface area (Å²) in [5.74, 6) is -1.12. The van der Waals surface area contributed by atoms with Crippen LogP contribution in [0, 0.1) is 50.2 Å². The number of hydrogen-bond donors (Lipinski definition) is 7. The minimum Gasteiger partial charge on any atom is -0.481 e. The normalized spacial score (nSPS) is 56.5. The second-order valence-electron chi connectivity index (χ2n) is 18.0. The summed E-state index contributed by atoms with van der Waals surface area (Å²) < 4.78 is 12.0. The van der Waals surface area contributed by atoms with E-state index in [0.29, 0.717) is 19.3 Å². The van der Waals surface area contributed by atoms with E-state index < -0.39 is 76.6 Å². The molecule has 0 aromatic heterocycles. The van der Waals surface area contributed by atoms with E-state index in [-0.39, 0.29) is 35.2 Å². The highest BCUT2D eigenvalue weighted by Gasteiger charge is 2.72. The number of aliphatic hydroxyl groups excluding tert-OH is 6. The van der Waals surface area contributed by atoms with Crippen LogP contribution < -0.4 is 0 Å². The highest BCUT2D eigenvalue weighted by atomic mass is 16.7. The lowest BCUT2D eigenvalue weighted by atomic mass is 9.33. The maximum absolute atomic E-state index is 13.0. The SMILES string of the molecule is CC1OC(OC2C(O)CC3(C)C(CCC4(C)C3CC=C3C5CC(C)(C)CCC5(C(=O)O)C(O)CC34C)C2(C)CO)C(O)C(O)C1O. The summed E-state index contributed by atoms with van der Waals surface area (Å²) in [6.45, 7) is 14.4. The molecule has 1 heterocycles. The minimum absolute atomic E-state index is 0.0310. The van der Waals surface area contributed by atoms with Crippen LogP contribution in [0.3, 0.4) is 0 Å². The Bertz CT molecular complexity index is 1250. The van der Waals surface area contributed by atoms with Gasteiger partial charge in [0, 0.05) is 5.41 Å². The fraction of sp³-hybridized carbons (Fsp3) is 0.917. The summed E-state index contributed by atoms with van der Waals surface area (Å²) in [7, 11) is 0. The Morgan fingerprint density at radius 3 is 2.22 bits per heavy atom. The third kappa shape index (κ3) is 4.46. The molecule has 16 unspecified atom stereocenters. The number of carbonyl (C=O) groups is 1. The van der Waals surface area contributed by atoms with E-state index in [1.807, 2.05) is 6.92 Å². The van der Waals surface area contributed by atoms with E-state index in [9.17, 15) is 40.5 Å². The second kappa shape index (κ2) is 10.9. The van der Waals surface area contributed by atoms with Crippen molar-refractivity contribution < 1.29 is 50.0 Å². The molecule has 0 bridgehead atoms. The Morgan fingerprint density at radius 2 is 1.59 bits per heavy atom. The molecule has 16 atom stereocenters. The summed E-state index contributed by atoms with van der Waals surface area (Å²) in [4.78, 5) is 13.0. The molecular formula is C36H58O10. The molecule has 7 N–H and O–H groups in total. The molecule has 46 heavy (non-hydrogen) atoms. The predicted molar refractivity (Wildman–Crippen MR) is 168 cm³/mol. The summed E-state index contributed by atoms with van der Waals surface area (Å²) in [5.41, 5.74) is -2.10. The van der Waals surface area contributed by atoms with E-state index in [0.717, 1.165) is 32.1 Å². The number of aliphatic carboxylic acids is 1. The Hall–Kier alpha value is -1.11. The van der Waals surface area contributed by atoms with Crippen molar-refractivity contribution in [3.8, 4) is 0 Å². The van der Waals surface area contributed by atoms with Gasteiger partial charge in [-0.1, -0.05) is 53.2 Å². The van der Waals surface area contributed by atoms with Gasteiger partial charge in [0.05, 0.1) is 31.0 Å². The van der Waals surface area contributed by atoms with Crippen LogP contribution >= 0.6 is 0 Å². The van der Waals surface area contributed by atoms with Crippen molar-refractivity contribution in [1.29, 1.82) is 0 Å². The van der Waals surface area contributed by atoms with Crippen LogP contribution in [0.2, 0.25) is 0 Å². The summed E-state index contributed by atoms with van der Waals surface area (Å²) in [6.07, 6.45) is -1.95. The topological polar surface area (TPSA) is 177 Å².